The van der Waals surface area contributed by atoms with E-state index < -0.39 is 65.4 Å². The first-order valence-corrected chi connectivity index (χ1v) is 8.87. The van der Waals surface area contributed by atoms with Crippen LogP contribution in [0, 0.1) is 23.7 Å². The van der Waals surface area contributed by atoms with E-state index >= 15 is 0 Å². The quantitative estimate of drug-likeness (QED) is 0.258. The predicted octanol–water partition coefficient (Wildman–Crippen LogP) is -0.187. The van der Waals surface area contributed by atoms with Crippen LogP contribution in [0.25, 0.3) is 0 Å². The molecular formula is C19H26O10. The van der Waals surface area contributed by atoms with Crippen LogP contribution < -0.4 is 0 Å². The van der Waals surface area contributed by atoms with Crippen molar-refractivity contribution in [1.82, 2.24) is 0 Å². The van der Waals surface area contributed by atoms with Crippen molar-refractivity contribution in [1.29, 1.82) is 0 Å². The minimum atomic E-state index is -2.54. The molecule has 0 spiro atoms. The van der Waals surface area contributed by atoms with Crippen molar-refractivity contribution in [2.75, 3.05) is 28.4 Å². The lowest BCUT2D eigenvalue weighted by Gasteiger charge is -2.47. The third kappa shape index (κ3) is 4.64. The Morgan fingerprint density at radius 2 is 1.52 bits per heavy atom. The van der Waals surface area contributed by atoms with Gasteiger partial charge in [0.1, 0.15) is 17.4 Å². The Kier molecular flexibility index (Phi) is 8.50. The normalized spacial score (nSPS) is 29.2. The van der Waals surface area contributed by atoms with Gasteiger partial charge in [-0.05, 0) is 6.42 Å². The Morgan fingerprint density at radius 1 is 0.966 bits per heavy atom. The highest BCUT2D eigenvalue weighted by atomic mass is 16.5. The highest BCUT2D eigenvalue weighted by Gasteiger charge is 2.66. The van der Waals surface area contributed by atoms with Gasteiger partial charge in [0.2, 0.25) is 0 Å². The van der Waals surface area contributed by atoms with Crippen molar-refractivity contribution in [2.24, 2.45) is 23.7 Å². The minimum Gasteiger partial charge on any atom is -0.469 e. The number of hydrogen-bond donors (Lipinski definition) is 1. The van der Waals surface area contributed by atoms with Crippen molar-refractivity contribution >= 4 is 29.7 Å². The summed E-state index contributed by atoms with van der Waals surface area (Å²) in [6.45, 7) is 1.78. The van der Waals surface area contributed by atoms with Gasteiger partial charge >= 0.3 is 23.9 Å². The number of Topliss-reactive ketones (excluding diaryl/α,β-unsaturated/α-hetero) is 1. The van der Waals surface area contributed by atoms with Gasteiger partial charge in [-0.3, -0.25) is 24.0 Å². The van der Waals surface area contributed by atoms with E-state index in [0.717, 1.165) is 28.4 Å². The molecule has 0 saturated heterocycles. The molecule has 0 heterocycles. The Labute approximate surface area is 168 Å². The fourth-order valence-corrected chi connectivity index (χ4v) is 3.68. The summed E-state index contributed by atoms with van der Waals surface area (Å²) in [6.07, 6.45) is 2.60. The van der Waals surface area contributed by atoms with Crippen LogP contribution in [0.3, 0.4) is 0 Å². The first-order chi connectivity index (χ1) is 13.6. The standard InChI is InChI=1S/C19H26O10/c1-6-7-8-10-12(16(22)27-3)15(21)14(18(24)29-5)19(25,9-11(20)26-2)13(10)17(23)28-4/h7-8,10,12-14,25H,6,9H2,1-5H3/b8-7+/t10-,12-,13-,14+,19+/m0/s1. The summed E-state index contributed by atoms with van der Waals surface area (Å²) < 4.78 is 18.6. The Hall–Kier alpha value is -2.75. The zero-order valence-electron chi connectivity index (χ0n) is 17.0. The van der Waals surface area contributed by atoms with Crippen LogP contribution in [0.15, 0.2) is 12.2 Å². The summed E-state index contributed by atoms with van der Waals surface area (Å²) in [6, 6.07) is 0. The second kappa shape index (κ2) is 10.1. The number of aliphatic hydroxyl groups is 1. The second-order valence-corrected chi connectivity index (χ2v) is 6.52. The Balaban J connectivity index is 3.82. The van der Waals surface area contributed by atoms with Crippen LogP contribution in [0.1, 0.15) is 19.8 Å². The molecule has 0 unspecified atom stereocenters. The van der Waals surface area contributed by atoms with Gasteiger partial charge in [-0.25, -0.2) is 0 Å². The molecule has 10 nitrogen and oxygen atoms in total. The third-order valence-corrected chi connectivity index (χ3v) is 5.00. The molecule has 1 aliphatic carbocycles. The van der Waals surface area contributed by atoms with E-state index in [0.29, 0.717) is 6.42 Å². The van der Waals surface area contributed by atoms with E-state index in [1.54, 1.807) is 13.0 Å². The Morgan fingerprint density at radius 3 is 1.97 bits per heavy atom. The molecule has 0 amide bonds. The van der Waals surface area contributed by atoms with Gasteiger partial charge in [-0.15, -0.1) is 0 Å². The molecule has 1 fully saturated rings. The first kappa shape index (κ1) is 24.3. The lowest BCUT2D eigenvalue weighted by molar-refractivity contribution is -0.194. The maximum absolute atomic E-state index is 13.1. The third-order valence-electron chi connectivity index (χ3n) is 5.00. The summed E-state index contributed by atoms with van der Waals surface area (Å²) in [5, 5.41) is 11.4. The SMILES string of the molecule is CC/C=C/[C@H]1[C@H](C(=O)OC)C(=O)[C@H](C(=O)OC)[C@@](O)(CC(=O)OC)[C@@H]1C(=O)OC. The lowest BCUT2D eigenvalue weighted by atomic mass is 9.57. The summed E-state index contributed by atoms with van der Waals surface area (Å²) in [7, 11) is 4.10. The maximum atomic E-state index is 13.1. The summed E-state index contributed by atoms with van der Waals surface area (Å²) in [5.41, 5.74) is -2.54. The number of carbonyl (C=O) groups excluding carboxylic acids is 5. The molecule has 10 heteroatoms. The van der Waals surface area contributed by atoms with Crippen molar-refractivity contribution in [3.63, 3.8) is 0 Å². The van der Waals surface area contributed by atoms with Crippen LogP contribution in [0.4, 0.5) is 0 Å². The highest BCUT2D eigenvalue weighted by Crippen LogP contribution is 2.47. The number of allylic oxidation sites excluding steroid dienone is 2. The summed E-state index contributed by atoms with van der Waals surface area (Å²) >= 11 is 0. The molecule has 1 rings (SSSR count). The number of ketones is 1. The maximum Gasteiger partial charge on any atom is 0.319 e. The molecule has 0 aromatic heterocycles. The topological polar surface area (TPSA) is 142 Å². The minimum absolute atomic E-state index is 0.488. The molecule has 1 aliphatic rings. The van der Waals surface area contributed by atoms with E-state index in [-0.39, 0.29) is 0 Å². The fourth-order valence-electron chi connectivity index (χ4n) is 3.68. The number of hydrogen-bond acceptors (Lipinski definition) is 10. The largest absolute Gasteiger partial charge is 0.469 e. The van der Waals surface area contributed by atoms with Crippen LogP contribution in [0.5, 0.6) is 0 Å². The van der Waals surface area contributed by atoms with Crippen LogP contribution in [-0.2, 0) is 42.9 Å². The number of carbonyl (C=O) groups is 5. The van der Waals surface area contributed by atoms with Gasteiger partial charge in [-0.1, -0.05) is 19.1 Å². The second-order valence-electron chi connectivity index (χ2n) is 6.52. The molecule has 5 atom stereocenters. The van der Waals surface area contributed by atoms with Gasteiger partial charge in [-0.2, -0.15) is 0 Å². The molecule has 0 aromatic rings. The average molecular weight is 414 g/mol. The smallest absolute Gasteiger partial charge is 0.319 e. The fraction of sp³-hybridized carbons (Fsp3) is 0.632. The van der Waals surface area contributed by atoms with Crippen molar-refractivity contribution < 1.29 is 48.0 Å². The zero-order chi connectivity index (χ0) is 22.4. The van der Waals surface area contributed by atoms with Crippen molar-refractivity contribution in [2.45, 2.75) is 25.4 Å². The number of ether oxygens (including phenoxy) is 4. The summed E-state index contributed by atoms with van der Waals surface area (Å²) in [5.74, 6) is -11.7. The van der Waals surface area contributed by atoms with Crippen LogP contribution in [-0.4, -0.2) is 68.8 Å². The average Bonchev–Trinajstić information content (AvgIpc) is 2.70. The van der Waals surface area contributed by atoms with E-state index in [1.807, 2.05) is 0 Å². The molecule has 0 aromatic carbocycles. The molecule has 1 N–H and O–H groups in total. The Bertz CT molecular complexity index is 697. The van der Waals surface area contributed by atoms with E-state index in [4.69, 9.17) is 9.47 Å². The van der Waals surface area contributed by atoms with Crippen molar-refractivity contribution in [3.8, 4) is 0 Å². The van der Waals surface area contributed by atoms with E-state index in [2.05, 4.69) is 9.47 Å². The van der Waals surface area contributed by atoms with Gasteiger partial charge in [0.05, 0.1) is 40.8 Å². The molecule has 0 radical (unpaired) electrons. The van der Waals surface area contributed by atoms with Crippen LogP contribution in [0.2, 0.25) is 0 Å². The lowest BCUT2D eigenvalue weighted by Crippen LogP contribution is -2.65. The molecular weight excluding hydrogens is 388 g/mol. The van der Waals surface area contributed by atoms with Gasteiger partial charge in [0.25, 0.3) is 0 Å². The van der Waals surface area contributed by atoms with Gasteiger partial charge < -0.3 is 24.1 Å². The molecule has 0 aliphatic heterocycles. The van der Waals surface area contributed by atoms with Gasteiger partial charge in [0.15, 0.2) is 5.78 Å². The molecule has 162 valence electrons. The van der Waals surface area contributed by atoms with E-state index in [9.17, 15) is 29.1 Å². The molecule has 29 heavy (non-hydrogen) atoms. The summed E-state index contributed by atoms with van der Waals surface area (Å²) in [4.78, 5) is 62.6. The molecule has 0 bridgehead atoms. The van der Waals surface area contributed by atoms with E-state index in [1.165, 1.54) is 6.08 Å². The monoisotopic (exact) mass is 414 g/mol. The zero-order valence-corrected chi connectivity index (χ0v) is 17.0. The number of methoxy groups -OCH3 is 4. The van der Waals surface area contributed by atoms with Crippen LogP contribution >= 0.6 is 0 Å². The van der Waals surface area contributed by atoms with Gasteiger partial charge in [0, 0.05) is 5.92 Å². The number of esters is 4. The first-order valence-electron chi connectivity index (χ1n) is 8.87. The number of rotatable bonds is 7. The highest BCUT2D eigenvalue weighted by molar-refractivity contribution is 6.11. The van der Waals surface area contributed by atoms with Crippen molar-refractivity contribution in [3.05, 3.63) is 12.2 Å². The molecule has 1 saturated carbocycles. The predicted molar refractivity (Wildman–Crippen MR) is 96.0 cm³/mol.